The molecule has 1 aliphatic carbocycles. The molecule has 4 heteroatoms. The first-order valence-electron chi connectivity index (χ1n) is 7.93. The zero-order valence-corrected chi connectivity index (χ0v) is 13.6. The summed E-state index contributed by atoms with van der Waals surface area (Å²) < 4.78 is 11.1. The van der Waals surface area contributed by atoms with Crippen molar-refractivity contribution in [3.8, 4) is 11.5 Å². The van der Waals surface area contributed by atoms with Crippen molar-refractivity contribution in [3.63, 3.8) is 0 Å². The molecule has 0 amide bonds. The van der Waals surface area contributed by atoms with Gasteiger partial charge in [0.25, 0.3) is 0 Å². The second-order valence-electron chi connectivity index (χ2n) is 6.12. The van der Waals surface area contributed by atoms with Crippen molar-refractivity contribution < 1.29 is 14.6 Å². The summed E-state index contributed by atoms with van der Waals surface area (Å²) in [5, 5.41) is 13.3. The Morgan fingerprint density at radius 3 is 2.82 bits per heavy atom. The number of aliphatic hydroxyl groups excluding tert-OH is 1. The van der Waals surface area contributed by atoms with E-state index < -0.39 is 0 Å². The quantitative estimate of drug-likeness (QED) is 0.725. The van der Waals surface area contributed by atoms with E-state index in [4.69, 9.17) is 9.47 Å². The summed E-state index contributed by atoms with van der Waals surface area (Å²) in [5.74, 6) is 1.86. The SMILES string of the molecule is C=C(C)COc1cc(CNCC2CCCC2O)ccc1OC. The molecule has 4 nitrogen and oxygen atoms in total. The predicted octanol–water partition coefficient (Wildman–Crippen LogP) is 2.90. The van der Waals surface area contributed by atoms with Gasteiger partial charge in [-0.3, -0.25) is 0 Å². The van der Waals surface area contributed by atoms with Gasteiger partial charge in [-0.1, -0.05) is 19.1 Å². The standard InChI is InChI=1S/C18H27NO3/c1-13(2)12-22-18-9-14(7-8-17(18)21-3)10-19-11-15-5-4-6-16(15)20/h7-9,15-16,19-20H,1,4-6,10-12H2,2-3H3. The molecule has 1 aliphatic rings. The first-order valence-corrected chi connectivity index (χ1v) is 7.93. The van der Waals surface area contributed by atoms with Crippen LogP contribution in [0.15, 0.2) is 30.4 Å². The van der Waals surface area contributed by atoms with Crippen LogP contribution >= 0.6 is 0 Å². The fourth-order valence-corrected chi connectivity index (χ4v) is 2.80. The molecule has 1 aromatic carbocycles. The van der Waals surface area contributed by atoms with E-state index in [0.717, 1.165) is 55.0 Å². The molecule has 0 radical (unpaired) electrons. The Hall–Kier alpha value is -1.52. The average molecular weight is 305 g/mol. The summed E-state index contributed by atoms with van der Waals surface area (Å²) >= 11 is 0. The Kier molecular flexibility index (Phi) is 6.28. The van der Waals surface area contributed by atoms with E-state index in [-0.39, 0.29) is 6.10 Å². The Bertz CT molecular complexity index is 501. The minimum Gasteiger partial charge on any atom is -0.493 e. The van der Waals surface area contributed by atoms with E-state index in [1.807, 2.05) is 25.1 Å². The van der Waals surface area contributed by atoms with Gasteiger partial charge in [0.1, 0.15) is 6.61 Å². The van der Waals surface area contributed by atoms with Crippen LogP contribution in [0.4, 0.5) is 0 Å². The highest BCUT2D eigenvalue weighted by Crippen LogP contribution is 2.29. The van der Waals surface area contributed by atoms with E-state index >= 15 is 0 Å². The first-order chi connectivity index (χ1) is 10.6. The molecule has 0 spiro atoms. The highest BCUT2D eigenvalue weighted by Gasteiger charge is 2.24. The molecule has 2 rings (SSSR count). The van der Waals surface area contributed by atoms with E-state index in [1.165, 1.54) is 0 Å². The molecule has 22 heavy (non-hydrogen) atoms. The van der Waals surface area contributed by atoms with Crippen molar-refractivity contribution in [1.29, 1.82) is 0 Å². The van der Waals surface area contributed by atoms with Gasteiger partial charge in [0.05, 0.1) is 13.2 Å². The lowest BCUT2D eigenvalue weighted by atomic mass is 10.1. The van der Waals surface area contributed by atoms with Crippen LogP contribution in [0.3, 0.4) is 0 Å². The van der Waals surface area contributed by atoms with Crippen LogP contribution in [0, 0.1) is 5.92 Å². The number of benzene rings is 1. The minimum absolute atomic E-state index is 0.141. The zero-order valence-electron chi connectivity index (χ0n) is 13.6. The lowest BCUT2D eigenvalue weighted by Gasteiger charge is -2.16. The van der Waals surface area contributed by atoms with Gasteiger partial charge in [0.15, 0.2) is 11.5 Å². The maximum atomic E-state index is 9.84. The third kappa shape index (κ3) is 4.75. The topological polar surface area (TPSA) is 50.7 Å². The average Bonchev–Trinajstić information content (AvgIpc) is 2.90. The first kappa shape index (κ1) is 16.8. The Labute approximate surface area is 133 Å². The van der Waals surface area contributed by atoms with Crippen molar-refractivity contribution >= 4 is 0 Å². The highest BCUT2D eigenvalue weighted by molar-refractivity contribution is 5.43. The molecular formula is C18H27NO3. The number of hydrogen-bond donors (Lipinski definition) is 2. The number of nitrogens with one attached hydrogen (secondary N) is 1. The lowest BCUT2D eigenvalue weighted by molar-refractivity contribution is 0.131. The van der Waals surface area contributed by atoms with E-state index in [1.54, 1.807) is 7.11 Å². The molecule has 1 aromatic rings. The third-order valence-electron chi connectivity index (χ3n) is 4.06. The second-order valence-corrected chi connectivity index (χ2v) is 6.12. The van der Waals surface area contributed by atoms with Gasteiger partial charge in [0.2, 0.25) is 0 Å². The van der Waals surface area contributed by atoms with Crippen molar-refractivity contribution in [2.24, 2.45) is 5.92 Å². The largest absolute Gasteiger partial charge is 0.493 e. The minimum atomic E-state index is -0.141. The highest BCUT2D eigenvalue weighted by atomic mass is 16.5. The number of hydrogen-bond acceptors (Lipinski definition) is 4. The second kappa shape index (κ2) is 8.20. The molecular weight excluding hydrogens is 278 g/mol. The lowest BCUT2D eigenvalue weighted by Crippen LogP contribution is -2.27. The third-order valence-corrected chi connectivity index (χ3v) is 4.06. The molecule has 122 valence electrons. The summed E-state index contributed by atoms with van der Waals surface area (Å²) in [6, 6.07) is 5.96. The fourth-order valence-electron chi connectivity index (χ4n) is 2.80. The molecule has 1 fully saturated rings. The predicted molar refractivity (Wildman–Crippen MR) is 88.4 cm³/mol. The van der Waals surface area contributed by atoms with Crippen LogP contribution in [0.1, 0.15) is 31.7 Å². The van der Waals surface area contributed by atoms with Crippen LogP contribution < -0.4 is 14.8 Å². The number of aliphatic hydroxyl groups is 1. The van der Waals surface area contributed by atoms with Gasteiger partial charge >= 0.3 is 0 Å². The van der Waals surface area contributed by atoms with Crippen LogP contribution in [0.2, 0.25) is 0 Å². The van der Waals surface area contributed by atoms with Crippen molar-refractivity contribution in [1.82, 2.24) is 5.32 Å². The molecule has 0 heterocycles. The molecule has 2 N–H and O–H groups in total. The Morgan fingerprint density at radius 2 is 2.18 bits per heavy atom. The van der Waals surface area contributed by atoms with Crippen LogP contribution in [0.25, 0.3) is 0 Å². The number of rotatable bonds is 8. The molecule has 0 saturated heterocycles. The number of ether oxygens (including phenoxy) is 2. The van der Waals surface area contributed by atoms with Gasteiger partial charge < -0.3 is 19.9 Å². The van der Waals surface area contributed by atoms with Crippen molar-refractivity contribution in [3.05, 3.63) is 35.9 Å². The summed E-state index contributed by atoms with van der Waals surface area (Å²) in [6.45, 7) is 7.89. The van der Waals surface area contributed by atoms with E-state index in [9.17, 15) is 5.11 Å². The van der Waals surface area contributed by atoms with Gasteiger partial charge in [-0.15, -0.1) is 0 Å². The molecule has 0 aliphatic heterocycles. The van der Waals surface area contributed by atoms with Crippen molar-refractivity contribution in [2.45, 2.75) is 38.8 Å². The van der Waals surface area contributed by atoms with Gasteiger partial charge in [-0.05, 0) is 49.0 Å². The van der Waals surface area contributed by atoms with E-state index in [0.29, 0.717) is 12.5 Å². The van der Waals surface area contributed by atoms with Gasteiger partial charge in [-0.25, -0.2) is 0 Å². The normalized spacial score (nSPS) is 20.9. The maximum Gasteiger partial charge on any atom is 0.161 e. The van der Waals surface area contributed by atoms with Crippen molar-refractivity contribution in [2.75, 3.05) is 20.3 Å². The molecule has 1 saturated carbocycles. The molecule has 0 aromatic heterocycles. The maximum absolute atomic E-state index is 9.84. The van der Waals surface area contributed by atoms with E-state index in [2.05, 4.69) is 11.9 Å². The van der Waals surface area contributed by atoms with Crippen LogP contribution in [0.5, 0.6) is 11.5 Å². The van der Waals surface area contributed by atoms with Crippen LogP contribution in [-0.2, 0) is 6.54 Å². The monoisotopic (exact) mass is 305 g/mol. The summed E-state index contributed by atoms with van der Waals surface area (Å²) in [7, 11) is 1.64. The summed E-state index contributed by atoms with van der Waals surface area (Å²) in [4.78, 5) is 0. The molecule has 0 bridgehead atoms. The summed E-state index contributed by atoms with van der Waals surface area (Å²) in [6.07, 6.45) is 3.05. The van der Waals surface area contributed by atoms with Gasteiger partial charge in [-0.2, -0.15) is 0 Å². The molecule has 2 unspecified atom stereocenters. The fraction of sp³-hybridized carbons (Fsp3) is 0.556. The Balaban J connectivity index is 1.90. The smallest absolute Gasteiger partial charge is 0.161 e. The van der Waals surface area contributed by atoms with Gasteiger partial charge in [0, 0.05) is 13.1 Å². The Morgan fingerprint density at radius 1 is 1.36 bits per heavy atom. The van der Waals surface area contributed by atoms with Crippen LogP contribution in [-0.4, -0.2) is 31.5 Å². The number of methoxy groups -OCH3 is 1. The molecule has 2 atom stereocenters. The zero-order chi connectivity index (χ0) is 15.9. The summed E-state index contributed by atoms with van der Waals surface area (Å²) in [5.41, 5.74) is 2.12.